The topological polar surface area (TPSA) is 58.0 Å². The molecule has 0 spiro atoms. The van der Waals surface area contributed by atoms with Gasteiger partial charge in [0.1, 0.15) is 17.0 Å². The van der Waals surface area contributed by atoms with Gasteiger partial charge < -0.3 is 10.4 Å². The quantitative estimate of drug-likeness (QED) is 0.858. The Morgan fingerprint density at radius 1 is 1.44 bits per heavy atom. The van der Waals surface area contributed by atoms with Gasteiger partial charge in [-0.3, -0.25) is 0 Å². The zero-order chi connectivity index (χ0) is 11.7. The Bertz CT molecular complexity index is 507. The molecule has 2 N–H and O–H groups in total. The van der Waals surface area contributed by atoms with Crippen LogP contribution in [0.15, 0.2) is 6.33 Å². The number of rotatable bonds is 3. The molecule has 0 aliphatic carbocycles. The molecule has 5 heteroatoms. The van der Waals surface area contributed by atoms with Crippen LogP contribution in [0.25, 0.3) is 10.2 Å². The number of aromatic nitrogens is 2. The van der Waals surface area contributed by atoms with Crippen molar-refractivity contribution in [1.29, 1.82) is 0 Å². The van der Waals surface area contributed by atoms with Gasteiger partial charge >= 0.3 is 0 Å². The van der Waals surface area contributed by atoms with Gasteiger partial charge in [-0.1, -0.05) is 0 Å². The third kappa shape index (κ3) is 2.01. The highest BCUT2D eigenvalue weighted by Gasteiger charge is 2.11. The second-order valence-electron chi connectivity index (χ2n) is 3.92. The van der Waals surface area contributed by atoms with E-state index in [4.69, 9.17) is 0 Å². The first kappa shape index (κ1) is 11.3. The van der Waals surface area contributed by atoms with Crippen molar-refractivity contribution in [1.82, 2.24) is 9.97 Å². The largest absolute Gasteiger partial charge is 0.392 e. The predicted molar refractivity (Wildman–Crippen MR) is 67.1 cm³/mol. The van der Waals surface area contributed by atoms with Crippen molar-refractivity contribution in [3.63, 3.8) is 0 Å². The lowest BCUT2D eigenvalue weighted by molar-refractivity contribution is 0.208. The molecule has 0 aromatic carbocycles. The van der Waals surface area contributed by atoms with E-state index in [-0.39, 0.29) is 6.10 Å². The highest BCUT2D eigenvalue weighted by molar-refractivity contribution is 7.18. The molecule has 0 aliphatic heterocycles. The van der Waals surface area contributed by atoms with Crippen LogP contribution in [0.5, 0.6) is 0 Å². The molecular weight excluding hydrogens is 222 g/mol. The number of hydrogen-bond donors (Lipinski definition) is 2. The molecule has 2 heterocycles. The van der Waals surface area contributed by atoms with E-state index < -0.39 is 0 Å². The number of thiophene rings is 1. The maximum atomic E-state index is 9.26. The van der Waals surface area contributed by atoms with Crippen LogP contribution < -0.4 is 5.32 Å². The minimum atomic E-state index is -0.384. The lowest BCUT2D eigenvalue weighted by Gasteiger charge is -2.08. The second kappa shape index (κ2) is 4.35. The molecule has 16 heavy (non-hydrogen) atoms. The van der Waals surface area contributed by atoms with Crippen molar-refractivity contribution in [2.24, 2.45) is 0 Å². The van der Waals surface area contributed by atoms with E-state index in [1.807, 2.05) is 0 Å². The number of aliphatic hydroxyl groups excluding tert-OH is 1. The van der Waals surface area contributed by atoms with E-state index in [0.717, 1.165) is 16.0 Å². The van der Waals surface area contributed by atoms with Gasteiger partial charge in [0, 0.05) is 11.4 Å². The lowest BCUT2D eigenvalue weighted by Crippen LogP contribution is -2.16. The van der Waals surface area contributed by atoms with Gasteiger partial charge in [0.25, 0.3) is 0 Å². The Morgan fingerprint density at radius 3 is 2.88 bits per heavy atom. The molecule has 4 nitrogen and oxygen atoms in total. The van der Waals surface area contributed by atoms with Gasteiger partial charge in [0.15, 0.2) is 0 Å². The SMILES string of the molecule is Cc1sc2ncnc(NC[C@H](C)O)c2c1C. The minimum Gasteiger partial charge on any atom is -0.392 e. The first-order valence-corrected chi connectivity index (χ1v) is 6.04. The molecule has 2 rings (SSSR count). The van der Waals surface area contributed by atoms with Gasteiger partial charge in [-0.2, -0.15) is 0 Å². The Morgan fingerprint density at radius 2 is 2.19 bits per heavy atom. The molecule has 0 bridgehead atoms. The van der Waals surface area contributed by atoms with E-state index in [0.29, 0.717) is 6.54 Å². The Balaban J connectivity index is 2.44. The second-order valence-corrected chi connectivity index (χ2v) is 5.12. The third-order valence-corrected chi connectivity index (χ3v) is 3.65. The molecule has 0 saturated carbocycles. The van der Waals surface area contributed by atoms with E-state index in [2.05, 4.69) is 29.1 Å². The summed E-state index contributed by atoms with van der Waals surface area (Å²) in [4.78, 5) is 10.7. The smallest absolute Gasteiger partial charge is 0.138 e. The molecule has 2 aromatic rings. The maximum Gasteiger partial charge on any atom is 0.138 e. The summed E-state index contributed by atoms with van der Waals surface area (Å²) in [6, 6.07) is 0. The lowest BCUT2D eigenvalue weighted by atomic mass is 10.2. The first-order valence-electron chi connectivity index (χ1n) is 5.22. The fourth-order valence-corrected chi connectivity index (χ4v) is 2.56. The summed E-state index contributed by atoms with van der Waals surface area (Å²) in [5, 5.41) is 13.5. The number of aliphatic hydroxyl groups is 1. The molecule has 0 radical (unpaired) electrons. The van der Waals surface area contributed by atoms with Crippen LogP contribution in [-0.2, 0) is 0 Å². The normalized spacial score (nSPS) is 13.0. The van der Waals surface area contributed by atoms with Gasteiger partial charge in [0.05, 0.1) is 11.5 Å². The average Bonchev–Trinajstić information content (AvgIpc) is 2.52. The molecule has 0 aliphatic rings. The van der Waals surface area contributed by atoms with Crippen molar-refractivity contribution in [2.45, 2.75) is 26.9 Å². The van der Waals surface area contributed by atoms with E-state index in [1.165, 1.54) is 10.4 Å². The van der Waals surface area contributed by atoms with Crippen LogP contribution in [0.3, 0.4) is 0 Å². The van der Waals surface area contributed by atoms with Crippen molar-refractivity contribution in [3.8, 4) is 0 Å². The molecule has 1 atom stereocenters. The molecule has 0 fully saturated rings. The van der Waals surface area contributed by atoms with Gasteiger partial charge in [-0.25, -0.2) is 9.97 Å². The van der Waals surface area contributed by atoms with Crippen molar-refractivity contribution in [2.75, 3.05) is 11.9 Å². The van der Waals surface area contributed by atoms with Crippen LogP contribution >= 0.6 is 11.3 Å². The van der Waals surface area contributed by atoms with Crippen LogP contribution in [0, 0.1) is 13.8 Å². The van der Waals surface area contributed by atoms with Crippen molar-refractivity contribution in [3.05, 3.63) is 16.8 Å². The summed E-state index contributed by atoms with van der Waals surface area (Å²) in [6.07, 6.45) is 1.17. The number of nitrogens with one attached hydrogen (secondary N) is 1. The zero-order valence-electron chi connectivity index (χ0n) is 9.61. The fraction of sp³-hybridized carbons (Fsp3) is 0.455. The zero-order valence-corrected chi connectivity index (χ0v) is 10.4. The standard InChI is InChI=1S/C11H15N3OS/c1-6(15)4-12-10-9-7(2)8(3)16-11(9)14-5-13-10/h5-6,15H,4H2,1-3H3,(H,12,13,14)/t6-/m0/s1. The Hall–Kier alpha value is -1.20. The molecule has 0 unspecified atom stereocenters. The number of aryl methyl sites for hydroxylation is 2. The highest BCUT2D eigenvalue weighted by Crippen LogP contribution is 2.32. The summed E-state index contributed by atoms with van der Waals surface area (Å²) >= 11 is 1.67. The molecule has 86 valence electrons. The fourth-order valence-electron chi connectivity index (χ4n) is 1.56. The highest BCUT2D eigenvalue weighted by atomic mass is 32.1. The number of fused-ring (bicyclic) bond motifs is 1. The van der Waals surface area contributed by atoms with Crippen molar-refractivity contribution >= 4 is 27.4 Å². The predicted octanol–water partition coefficient (Wildman–Crippen LogP) is 2.10. The Labute approximate surface area is 98.4 Å². The molecule has 2 aromatic heterocycles. The first-order chi connectivity index (χ1) is 7.59. The van der Waals surface area contributed by atoms with Crippen LogP contribution in [-0.4, -0.2) is 27.7 Å². The summed E-state index contributed by atoms with van der Waals surface area (Å²) in [6.45, 7) is 6.41. The van der Waals surface area contributed by atoms with Crippen LogP contribution in [0.1, 0.15) is 17.4 Å². The Kier molecular flexibility index (Phi) is 3.07. The van der Waals surface area contributed by atoms with Gasteiger partial charge in [-0.15, -0.1) is 11.3 Å². The molecule has 0 saturated heterocycles. The monoisotopic (exact) mass is 237 g/mol. The number of hydrogen-bond acceptors (Lipinski definition) is 5. The van der Waals surface area contributed by atoms with Crippen LogP contribution in [0.2, 0.25) is 0 Å². The average molecular weight is 237 g/mol. The minimum absolute atomic E-state index is 0.384. The molecule has 0 amide bonds. The summed E-state index contributed by atoms with van der Waals surface area (Å²) in [7, 11) is 0. The van der Waals surface area contributed by atoms with E-state index in [1.54, 1.807) is 24.6 Å². The van der Waals surface area contributed by atoms with E-state index >= 15 is 0 Å². The van der Waals surface area contributed by atoms with E-state index in [9.17, 15) is 5.11 Å². The van der Waals surface area contributed by atoms with Gasteiger partial charge in [-0.05, 0) is 26.3 Å². The maximum absolute atomic E-state index is 9.26. The van der Waals surface area contributed by atoms with Crippen LogP contribution in [0.4, 0.5) is 5.82 Å². The summed E-state index contributed by atoms with van der Waals surface area (Å²) in [5.41, 5.74) is 1.22. The number of nitrogens with zero attached hydrogens (tertiary/aromatic N) is 2. The van der Waals surface area contributed by atoms with Gasteiger partial charge in [0.2, 0.25) is 0 Å². The van der Waals surface area contributed by atoms with Crippen molar-refractivity contribution < 1.29 is 5.11 Å². The number of anilines is 1. The molecular formula is C11H15N3OS. The summed E-state index contributed by atoms with van der Waals surface area (Å²) < 4.78 is 0. The summed E-state index contributed by atoms with van der Waals surface area (Å²) in [5.74, 6) is 0.813. The third-order valence-electron chi connectivity index (χ3n) is 2.53.